The minimum atomic E-state index is -2.75. The van der Waals surface area contributed by atoms with Crippen molar-refractivity contribution >= 4 is 28.6 Å². The molecular formula is C21H18ClF2N7. The van der Waals surface area contributed by atoms with Crippen LogP contribution in [0.2, 0.25) is 5.02 Å². The maximum absolute atomic E-state index is 13.9. The molecule has 0 spiro atoms. The van der Waals surface area contributed by atoms with Gasteiger partial charge < -0.3 is 4.90 Å². The molecule has 1 saturated heterocycles. The van der Waals surface area contributed by atoms with E-state index in [0.29, 0.717) is 34.2 Å². The van der Waals surface area contributed by atoms with Crippen LogP contribution in [0.25, 0.3) is 11.2 Å². The van der Waals surface area contributed by atoms with Gasteiger partial charge in [-0.1, -0.05) is 41.9 Å². The monoisotopic (exact) mass is 441 g/mol. The van der Waals surface area contributed by atoms with E-state index in [1.165, 1.54) is 4.80 Å². The van der Waals surface area contributed by atoms with E-state index in [1.54, 1.807) is 23.4 Å². The number of hydrogen-bond donors (Lipinski definition) is 0. The number of nitrogens with zero attached hydrogens (tertiary/aromatic N) is 7. The number of pyridine rings is 1. The summed E-state index contributed by atoms with van der Waals surface area (Å²) < 4.78 is 27.8. The van der Waals surface area contributed by atoms with Crippen LogP contribution in [0.5, 0.6) is 0 Å². The summed E-state index contributed by atoms with van der Waals surface area (Å²) in [7, 11) is 0. The second-order valence-electron chi connectivity index (χ2n) is 7.52. The van der Waals surface area contributed by atoms with Crippen molar-refractivity contribution in [1.29, 1.82) is 0 Å². The van der Waals surface area contributed by atoms with Crippen LogP contribution >= 0.6 is 11.6 Å². The van der Waals surface area contributed by atoms with E-state index in [4.69, 9.17) is 11.6 Å². The molecule has 31 heavy (non-hydrogen) atoms. The van der Waals surface area contributed by atoms with Crippen LogP contribution < -0.4 is 4.90 Å². The highest BCUT2D eigenvalue weighted by Gasteiger charge is 2.40. The van der Waals surface area contributed by atoms with E-state index in [0.717, 1.165) is 11.1 Å². The summed E-state index contributed by atoms with van der Waals surface area (Å²) in [5.74, 6) is -1.86. The molecule has 1 aromatic carbocycles. The highest BCUT2D eigenvalue weighted by atomic mass is 35.5. The Hall–Kier alpha value is -3.20. The molecule has 1 aliphatic rings. The summed E-state index contributed by atoms with van der Waals surface area (Å²) >= 11 is 6.23. The molecule has 158 valence electrons. The van der Waals surface area contributed by atoms with E-state index >= 15 is 0 Å². The molecule has 0 saturated carbocycles. The molecule has 3 aromatic heterocycles. The highest BCUT2D eigenvalue weighted by molar-refractivity contribution is 6.31. The Morgan fingerprint density at radius 3 is 2.65 bits per heavy atom. The van der Waals surface area contributed by atoms with Crippen LogP contribution in [0.15, 0.2) is 48.8 Å². The molecule has 1 fully saturated rings. The average molecular weight is 442 g/mol. The third-order valence-electron chi connectivity index (χ3n) is 5.15. The summed E-state index contributed by atoms with van der Waals surface area (Å²) in [4.78, 5) is 16.3. The fraction of sp³-hybridized carbons (Fsp3) is 0.286. The average Bonchev–Trinajstić information content (AvgIpc) is 3.32. The maximum Gasteiger partial charge on any atom is 0.266 e. The SMILES string of the molecule is FC1(F)CCN(c2nc(Cc3ccccc3)nc3nn(Cc4cnccc4Cl)nc23)C1. The van der Waals surface area contributed by atoms with Crippen molar-refractivity contribution in [3.63, 3.8) is 0 Å². The van der Waals surface area contributed by atoms with Crippen molar-refractivity contribution in [1.82, 2.24) is 29.9 Å². The second kappa shape index (κ2) is 7.81. The summed E-state index contributed by atoms with van der Waals surface area (Å²) in [5.41, 5.74) is 2.53. The van der Waals surface area contributed by atoms with E-state index < -0.39 is 12.5 Å². The van der Waals surface area contributed by atoms with Crippen molar-refractivity contribution in [2.75, 3.05) is 18.0 Å². The van der Waals surface area contributed by atoms with Crippen molar-refractivity contribution in [3.8, 4) is 0 Å². The standard InChI is InChI=1S/C21H18ClF2N7/c22-16-6-8-25-11-15(16)12-31-28-18-19(29-31)26-17(10-14-4-2-1-3-5-14)27-20(18)30-9-7-21(23,24)13-30/h1-6,8,11H,7,9-10,12-13H2. The largest absolute Gasteiger partial charge is 0.348 e. The number of rotatable bonds is 5. The van der Waals surface area contributed by atoms with Gasteiger partial charge in [-0.15, -0.1) is 10.2 Å². The van der Waals surface area contributed by atoms with Gasteiger partial charge in [0.2, 0.25) is 5.65 Å². The maximum atomic E-state index is 13.9. The van der Waals surface area contributed by atoms with Crippen LogP contribution in [0.4, 0.5) is 14.6 Å². The van der Waals surface area contributed by atoms with Crippen LogP contribution in [0.1, 0.15) is 23.4 Å². The number of halogens is 3. The third-order valence-corrected chi connectivity index (χ3v) is 5.52. The fourth-order valence-electron chi connectivity index (χ4n) is 3.63. The first-order chi connectivity index (χ1) is 15.0. The van der Waals surface area contributed by atoms with Gasteiger partial charge in [-0.25, -0.2) is 18.7 Å². The first-order valence-electron chi connectivity index (χ1n) is 9.84. The first-order valence-corrected chi connectivity index (χ1v) is 10.2. The fourth-order valence-corrected chi connectivity index (χ4v) is 3.79. The van der Waals surface area contributed by atoms with Gasteiger partial charge in [-0.2, -0.15) is 4.80 Å². The Morgan fingerprint density at radius 1 is 1.06 bits per heavy atom. The molecule has 4 aromatic rings. The molecule has 10 heteroatoms. The molecule has 7 nitrogen and oxygen atoms in total. The number of aromatic nitrogens is 6. The Morgan fingerprint density at radius 2 is 1.90 bits per heavy atom. The molecule has 0 bridgehead atoms. The lowest BCUT2D eigenvalue weighted by Crippen LogP contribution is -2.26. The lowest BCUT2D eigenvalue weighted by Gasteiger charge is -2.17. The van der Waals surface area contributed by atoms with E-state index in [1.807, 2.05) is 30.3 Å². The predicted molar refractivity (Wildman–Crippen MR) is 112 cm³/mol. The number of fused-ring (bicyclic) bond motifs is 1. The van der Waals surface area contributed by atoms with E-state index in [-0.39, 0.29) is 19.5 Å². The number of anilines is 1. The van der Waals surface area contributed by atoms with Gasteiger partial charge in [0, 0.05) is 42.4 Å². The number of hydrogen-bond acceptors (Lipinski definition) is 6. The molecule has 0 radical (unpaired) electrons. The van der Waals surface area contributed by atoms with E-state index in [2.05, 4.69) is 25.1 Å². The summed E-state index contributed by atoms with van der Waals surface area (Å²) in [6, 6.07) is 11.4. The summed E-state index contributed by atoms with van der Waals surface area (Å²) in [6.45, 7) is 0.0863. The van der Waals surface area contributed by atoms with Crippen molar-refractivity contribution in [2.24, 2.45) is 0 Å². The number of alkyl halides is 2. The smallest absolute Gasteiger partial charge is 0.266 e. The Labute approximate surface area is 181 Å². The first kappa shape index (κ1) is 19.7. The van der Waals surface area contributed by atoms with Gasteiger partial charge >= 0.3 is 0 Å². The molecule has 0 aliphatic carbocycles. The summed E-state index contributed by atoms with van der Waals surface area (Å²) in [6.07, 6.45) is 3.50. The molecule has 0 amide bonds. The lowest BCUT2D eigenvalue weighted by atomic mass is 10.1. The molecular weight excluding hydrogens is 424 g/mol. The van der Waals surface area contributed by atoms with Gasteiger partial charge in [0.15, 0.2) is 11.3 Å². The van der Waals surface area contributed by atoms with E-state index in [9.17, 15) is 8.78 Å². The van der Waals surface area contributed by atoms with Crippen LogP contribution in [0.3, 0.4) is 0 Å². The van der Waals surface area contributed by atoms with Crippen LogP contribution in [-0.4, -0.2) is 49.0 Å². The molecule has 5 rings (SSSR count). The van der Waals surface area contributed by atoms with Gasteiger partial charge in [0.05, 0.1) is 13.1 Å². The highest BCUT2D eigenvalue weighted by Crippen LogP contribution is 2.32. The molecule has 4 heterocycles. The zero-order chi connectivity index (χ0) is 21.4. The second-order valence-corrected chi connectivity index (χ2v) is 7.93. The Kier molecular flexibility index (Phi) is 4.97. The van der Waals surface area contributed by atoms with Gasteiger partial charge in [-0.3, -0.25) is 4.98 Å². The zero-order valence-corrected chi connectivity index (χ0v) is 17.2. The zero-order valence-electron chi connectivity index (χ0n) is 16.4. The number of benzene rings is 1. The quantitative estimate of drug-likeness (QED) is 0.469. The minimum absolute atomic E-state index is 0.200. The van der Waals surface area contributed by atoms with Gasteiger partial charge in [0.25, 0.3) is 5.92 Å². The lowest BCUT2D eigenvalue weighted by molar-refractivity contribution is 0.0257. The Balaban J connectivity index is 1.56. The topological polar surface area (TPSA) is 72.6 Å². The minimum Gasteiger partial charge on any atom is -0.348 e. The normalized spacial score (nSPS) is 15.6. The molecule has 1 aliphatic heterocycles. The third kappa shape index (κ3) is 4.18. The summed E-state index contributed by atoms with van der Waals surface area (Å²) in [5, 5.41) is 9.52. The Bertz CT molecular complexity index is 1230. The van der Waals surface area contributed by atoms with Gasteiger partial charge in [-0.05, 0) is 11.6 Å². The van der Waals surface area contributed by atoms with Crippen LogP contribution in [-0.2, 0) is 13.0 Å². The molecule has 0 N–H and O–H groups in total. The predicted octanol–water partition coefficient (Wildman–Crippen LogP) is 3.75. The van der Waals surface area contributed by atoms with Crippen molar-refractivity contribution in [3.05, 3.63) is 70.8 Å². The van der Waals surface area contributed by atoms with Crippen LogP contribution in [0, 0.1) is 0 Å². The molecule has 0 unspecified atom stereocenters. The van der Waals surface area contributed by atoms with Crippen molar-refractivity contribution in [2.45, 2.75) is 25.3 Å². The van der Waals surface area contributed by atoms with Gasteiger partial charge in [0.1, 0.15) is 5.82 Å². The molecule has 0 atom stereocenters. The van der Waals surface area contributed by atoms with Crippen molar-refractivity contribution < 1.29 is 8.78 Å².